The van der Waals surface area contributed by atoms with Gasteiger partial charge in [0.05, 0.1) is 0 Å². The highest BCUT2D eigenvalue weighted by molar-refractivity contribution is 7.86. The highest BCUT2D eigenvalue weighted by atomic mass is 32.2. The third-order valence-electron chi connectivity index (χ3n) is 3.19. The van der Waals surface area contributed by atoms with E-state index in [4.69, 9.17) is 4.55 Å². The lowest BCUT2D eigenvalue weighted by atomic mass is 10.0. The summed E-state index contributed by atoms with van der Waals surface area (Å²) >= 11 is 0. The van der Waals surface area contributed by atoms with E-state index in [1.165, 1.54) is 0 Å². The average molecular weight is 590 g/mol. The second-order valence-electron chi connectivity index (χ2n) is 5.61. The molecule has 0 aromatic heterocycles. The fraction of sp³-hybridized carbons (Fsp3) is 0.636. The zero-order valence-electron chi connectivity index (χ0n) is 14.8. The molecule has 1 N–H and O–H groups in total. The van der Waals surface area contributed by atoms with E-state index in [2.05, 4.69) is 0 Å². The van der Waals surface area contributed by atoms with Gasteiger partial charge in [0.1, 0.15) is 0 Å². The summed E-state index contributed by atoms with van der Waals surface area (Å²) in [5.41, 5.74) is -6.81. The first-order valence-corrected chi connectivity index (χ1v) is 8.41. The van der Waals surface area contributed by atoms with Crippen LogP contribution in [-0.4, -0.2) is 54.4 Å². The van der Waals surface area contributed by atoms with Gasteiger partial charge in [0.15, 0.2) is 11.7 Å². The molecule has 0 amide bonds. The maximum absolute atomic E-state index is 13.2. The minimum Gasteiger partial charge on any atom is -0.279 e. The van der Waals surface area contributed by atoms with Crippen LogP contribution in [0.5, 0.6) is 0 Å². The number of allylic oxidation sites excluding steroid dienone is 3. The van der Waals surface area contributed by atoms with Crippen LogP contribution in [-0.2, 0) is 14.9 Å². The molecule has 0 rings (SSSR count). The first-order chi connectivity index (χ1) is 14.8. The molecule has 0 aromatic rings. The summed E-state index contributed by atoms with van der Waals surface area (Å²) in [6.45, 7) is 0. The maximum Gasteiger partial charge on any atom is 0.492 e. The largest absolute Gasteiger partial charge is 0.492 e. The Kier molecular flexibility index (Phi) is 8.34. The Labute approximate surface area is 177 Å². The maximum atomic E-state index is 13.2. The highest BCUT2D eigenvalue weighted by Crippen LogP contribution is 2.56. The number of ether oxygens (including phenoxy) is 1. The van der Waals surface area contributed by atoms with Crippen molar-refractivity contribution < 1.29 is 101 Å². The molecular weight excluding hydrogens is 589 g/mol. The summed E-state index contributed by atoms with van der Waals surface area (Å²) in [4.78, 5) is 0. The van der Waals surface area contributed by atoms with Gasteiger partial charge in [0, 0.05) is 0 Å². The van der Waals surface area contributed by atoms with Crippen LogP contribution in [0.15, 0.2) is 23.3 Å². The second kappa shape index (κ2) is 8.85. The molecule has 0 saturated carbocycles. The molecule has 35 heavy (non-hydrogen) atoms. The van der Waals surface area contributed by atoms with Crippen molar-refractivity contribution in [3.05, 3.63) is 23.3 Å². The normalized spacial score (nSPS) is 17.3. The molecular formula is C11HF19O4S. The van der Waals surface area contributed by atoms with Crippen molar-refractivity contribution in [1.82, 2.24) is 0 Å². The molecule has 0 aliphatic heterocycles. The van der Waals surface area contributed by atoms with Gasteiger partial charge in [-0.25, -0.2) is 22.3 Å². The molecule has 0 atom stereocenters. The molecule has 0 radical (unpaired) electrons. The summed E-state index contributed by atoms with van der Waals surface area (Å²) in [7, 11) is -7.22. The summed E-state index contributed by atoms with van der Waals surface area (Å²) in [6, 6.07) is 0. The van der Waals surface area contributed by atoms with Crippen LogP contribution in [0.1, 0.15) is 0 Å². The zero-order chi connectivity index (χ0) is 29.0. The summed E-state index contributed by atoms with van der Waals surface area (Å²) < 4.78 is 273. The highest BCUT2D eigenvalue weighted by Gasteiger charge is 2.83. The van der Waals surface area contributed by atoms with Gasteiger partial charge in [0.25, 0.3) is 0 Å². The number of rotatable bonds is 9. The predicted octanol–water partition coefficient (Wildman–Crippen LogP) is 6.44. The molecule has 0 saturated heterocycles. The van der Waals surface area contributed by atoms with Crippen LogP contribution in [0, 0.1) is 0 Å². The van der Waals surface area contributed by atoms with Crippen LogP contribution >= 0.6 is 0 Å². The molecule has 0 unspecified atom stereocenters. The third kappa shape index (κ3) is 5.41. The third-order valence-corrected chi connectivity index (χ3v) is 3.87. The Morgan fingerprint density at radius 2 is 0.886 bits per heavy atom. The van der Waals surface area contributed by atoms with E-state index in [9.17, 15) is 91.8 Å². The molecule has 0 aromatic carbocycles. The van der Waals surface area contributed by atoms with Gasteiger partial charge >= 0.3 is 51.5 Å². The Morgan fingerprint density at radius 3 is 1.17 bits per heavy atom. The van der Waals surface area contributed by atoms with Gasteiger partial charge in [-0.1, -0.05) is 0 Å². The fourth-order valence-electron chi connectivity index (χ4n) is 1.38. The number of alkyl halides is 15. The molecule has 24 heteroatoms. The van der Waals surface area contributed by atoms with Crippen molar-refractivity contribution in [2.45, 2.75) is 41.4 Å². The first-order valence-electron chi connectivity index (χ1n) is 6.97. The lowest BCUT2D eigenvalue weighted by molar-refractivity contribution is -0.401. The molecule has 208 valence electrons. The van der Waals surface area contributed by atoms with Gasteiger partial charge in [-0.3, -0.25) is 4.55 Å². The van der Waals surface area contributed by atoms with Crippen molar-refractivity contribution >= 4 is 10.1 Å². The van der Waals surface area contributed by atoms with E-state index in [0.29, 0.717) is 0 Å². The van der Waals surface area contributed by atoms with Crippen LogP contribution < -0.4 is 0 Å². The van der Waals surface area contributed by atoms with E-state index in [1.54, 1.807) is 4.74 Å². The Hall–Kier alpha value is -1.98. The topological polar surface area (TPSA) is 63.6 Å². The van der Waals surface area contributed by atoms with Gasteiger partial charge in [0.2, 0.25) is 11.7 Å². The van der Waals surface area contributed by atoms with Crippen LogP contribution in [0.25, 0.3) is 0 Å². The summed E-state index contributed by atoms with van der Waals surface area (Å²) in [5.74, 6) is -51.5. The lowest BCUT2D eigenvalue weighted by Crippen LogP contribution is -2.61. The van der Waals surface area contributed by atoms with Crippen molar-refractivity contribution in [2.24, 2.45) is 0 Å². The van der Waals surface area contributed by atoms with Crippen molar-refractivity contribution in [3.63, 3.8) is 0 Å². The van der Waals surface area contributed by atoms with Gasteiger partial charge in [-0.15, -0.1) is 0 Å². The lowest BCUT2D eigenvalue weighted by Gasteiger charge is -2.32. The quantitative estimate of drug-likeness (QED) is 0.191. The van der Waals surface area contributed by atoms with Crippen molar-refractivity contribution in [1.29, 1.82) is 0 Å². The molecule has 0 aliphatic rings. The Morgan fingerprint density at radius 1 is 0.571 bits per heavy atom. The van der Waals surface area contributed by atoms with E-state index >= 15 is 0 Å². The van der Waals surface area contributed by atoms with Crippen molar-refractivity contribution in [3.8, 4) is 0 Å². The Balaban J connectivity index is 6.80. The van der Waals surface area contributed by atoms with Gasteiger partial charge in [-0.2, -0.15) is 74.3 Å². The average Bonchev–Trinajstić information content (AvgIpc) is 2.62. The zero-order valence-corrected chi connectivity index (χ0v) is 15.6. The smallest absolute Gasteiger partial charge is 0.279 e. The van der Waals surface area contributed by atoms with E-state index < -0.39 is 74.8 Å². The number of halogens is 19. The molecule has 0 heterocycles. The molecule has 0 aliphatic carbocycles. The molecule has 0 fully saturated rings. The van der Waals surface area contributed by atoms with Crippen LogP contribution in [0.3, 0.4) is 0 Å². The SMILES string of the molecule is O=S(=O)(O)C(F)(F)OC(F)(F)C(F)(F)C(F)=C(F)C(F)=C(F)C(F)(F)C(F)(F)C(F)(F)C(F)(F)F. The van der Waals surface area contributed by atoms with Crippen LogP contribution in [0.2, 0.25) is 0 Å². The molecule has 0 bridgehead atoms. The standard InChI is InChI=1S/C11HF19O4S/c12-1(3(14)5(16,17)7(20,21)8(22,23)9(24,25)26)2(13)4(15)6(18,19)10(27,28)34-11(29,30)35(31,32)33/h(H,31,32,33). The Bertz CT molecular complexity index is 989. The van der Waals surface area contributed by atoms with Crippen molar-refractivity contribution in [2.75, 3.05) is 0 Å². The number of hydrogen-bond acceptors (Lipinski definition) is 3. The molecule has 0 spiro atoms. The van der Waals surface area contributed by atoms with Gasteiger partial charge < -0.3 is 0 Å². The first kappa shape index (κ1) is 33.0. The minimum atomic E-state index is -8.14. The minimum absolute atomic E-state index is 1.55. The fourth-order valence-corrected chi connectivity index (χ4v) is 1.59. The van der Waals surface area contributed by atoms with E-state index in [0.717, 1.165) is 0 Å². The van der Waals surface area contributed by atoms with Gasteiger partial charge in [-0.05, 0) is 0 Å². The van der Waals surface area contributed by atoms with E-state index in [-0.39, 0.29) is 0 Å². The predicted molar refractivity (Wildman–Crippen MR) is 66.9 cm³/mol. The molecule has 4 nitrogen and oxygen atoms in total. The van der Waals surface area contributed by atoms with Crippen LogP contribution in [0.4, 0.5) is 83.4 Å². The summed E-state index contributed by atoms with van der Waals surface area (Å²) in [5, 5.41) is 0. The number of hydrogen-bond donors (Lipinski definition) is 1. The monoisotopic (exact) mass is 590 g/mol. The second-order valence-corrected chi connectivity index (χ2v) is 7.03. The summed E-state index contributed by atoms with van der Waals surface area (Å²) in [6.07, 6.45) is -15.1. The van der Waals surface area contributed by atoms with E-state index in [1.807, 2.05) is 0 Å².